The van der Waals surface area contributed by atoms with Crippen molar-refractivity contribution in [1.29, 1.82) is 0 Å². The number of esters is 2. The molecule has 5 atom stereocenters. The third kappa shape index (κ3) is 5.77. The number of hydrogen-bond donors (Lipinski definition) is 1. The van der Waals surface area contributed by atoms with Gasteiger partial charge in [-0.3, -0.25) is 4.79 Å². The zero-order chi connectivity index (χ0) is 19.2. The van der Waals surface area contributed by atoms with E-state index < -0.39 is 18.2 Å². The van der Waals surface area contributed by atoms with Crippen LogP contribution >= 0.6 is 0 Å². The van der Waals surface area contributed by atoms with Gasteiger partial charge in [-0.15, -0.1) is 0 Å². The largest absolute Gasteiger partial charge is 0.462 e. The lowest BCUT2D eigenvalue weighted by molar-refractivity contribution is -0.163. The Morgan fingerprint density at radius 3 is 2.81 bits per heavy atom. The van der Waals surface area contributed by atoms with Crippen LogP contribution < -0.4 is 0 Å². The van der Waals surface area contributed by atoms with Crippen LogP contribution in [0.3, 0.4) is 0 Å². The number of carbonyl (C=O) groups excluding carboxylic acids is 2. The van der Waals surface area contributed by atoms with Gasteiger partial charge in [0.2, 0.25) is 0 Å². The molecule has 2 aliphatic rings. The Labute approximate surface area is 158 Å². The van der Waals surface area contributed by atoms with E-state index in [2.05, 4.69) is 0 Å². The molecule has 0 aliphatic carbocycles. The maximum Gasteiger partial charge on any atom is 0.330 e. The van der Waals surface area contributed by atoms with Crippen molar-refractivity contribution >= 4 is 18.0 Å². The van der Waals surface area contributed by atoms with Crippen molar-refractivity contribution in [2.75, 3.05) is 0 Å². The molecular weight excluding hydrogens is 348 g/mol. The minimum atomic E-state index is -0.862. The number of hydrogen-bond acceptors (Lipinski definition) is 6. The third-order valence-corrected chi connectivity index (χ3v) is 4.60. The van der Waals surface area contributed by atoms with Gasteiger partial charge in [0, 0.05) is 32.3 Å². The molecule has 0 bridgehead atoms. The molecule has 27 heavy (non-hydrogen) atoms. The highest BCUT2D eigenvalue weighted by molar-refractivity contribution is 5.83. The predicted octanol–water partition coefficient (Wildman–Crippen LogP) is 2.41. The molecule has 6 nitrogen and oxygen atoms in total. The summed E-state index contributed by atoms with van der Waals surface area (Å²) in [7, 11) is 0. The van der Waals surface area contributed by atoms with E-state index in [0.717, 1.165) is 5.56 Å². The average Bonchev–Trinajstić information content (AvgIpc) is 2.63. The first kappa shape index (κ1) is 19.3. The molecule has 6 heteroatoms. The number of aliphatic hydroxyl groups is 1. The van der Waals surface area contributed by atoms with Crippen LogP contribution in [-0.4, -0.2) is 47.6 Å². The Balaban J connectivity index is 1.67. The lowest BCUT2D eigenvalue weighted by atomic mass is 9.94. The van der Waals surface area contributed by atoms with Crippen molar-refractivity contribution < 1.29 is 28.9 Å². The number of cyclic esters (lactones) is 1. The van der Waals surface area contributed by atoms with E-state index in [1.807, 2.05) is 42.5 Å². The van der Waals surface area contributed by atoms with E-state index in [1.54, 1.807) is 0 Å². The summed E-state index contributed by atoms with van der Waals surface area (Å²) < 4.78 is 16.7. The van der Waals surface area contributed by atoms with Crippen molar-refractivity contribution in [2.45, 2.75) is 56.7 Å². The van der Waals surface area contributed by atoms with Crippen LogP contribution in [-0.2, 0) is 23.8 Å². The summed E-state index contributed by atoms with van der Waals surface area (Å²) in [5.74, 6) is -0.809. The summed E-state index contributed by atoms with van der Waals surface area (Å²) in [5.41, 5.74) is 1.05. The van der Waals surface area contributed by atoms with Crippen LogP contribution in [0.5, 0.6) is 0 Å². The minimum absolute atomic E-state index is 0.236. The van der Waals surface area contributed by atoms with Gasteiger partial charge in [0.15, 0.2) is 0 Å². The Hall–Kier alpha value is -2.44. The van der Waals surface area contributed by atoms with Crippen LogP contribution in [0.4, 0.5) is 0 Å². The Morgan fingerprint density at radius 2 is 2.07 bits per heavy atom. The van der Waals surface area contributed by atoms with Crippen molar-refractivity contribution in [3.05, 3.63) is 54.1 Å². The van der Waals surface area contributed by atoms with Crippen molar-refractivity contribution in [1.82, 2.24) is 0 Å². The molecule has 0 aromatic heterocycles. The summed E-state index contributed by atoms with van der Waals surface area (Å²) in [6.07, 6.45) is 5.62. The standard InChI is InChI=1S/C21H24O6/c1-14(22)25-17-11-16(8-7-15-5-3-2-4-6-15)26-18(12-17)13-20-19(23)9-10-21(24)27-20/h2-10,16-20,23H,11-13H2,1H3/b8-7+/t16-,17+,18-,19-,20-/m1/s1. The smallest absolute Gasteiger partial charge is 0.330 e. The normalized spacial score (nSPS) is 30.9. The fourth-order valence-corrected chi connectivity index (χ4v) is 3.40. The maximum atomic E-state index is 11.5. The first-order valence-corrected chi connectivity index (χ1v) is 9.12. The summed E-state index contributed by atoms with van der Waals surface area (Å²) in [6.45, 7) is 1.39. The summed E-state index contributed by atoms with van der Waals surface area (Å²) >= 11 is 0. The van der Waals surface area contributed by atoms with E-state index in [1.165, 1.54) is 19.1 Å². The van der Waals surface area contributed by atoms with Gasteiger partial charge in [-0.25, -0.2) is 4.79 Å². The van der Waals surface area contributed by atoms with Crippen LogP contribution in [0, 0.1) is 0 Å². The van der Waals surface area contributed by atoms with E-state index in [9.17, 15) is 14.7 Å². The van der Waals surface area contributed by atoms with E-state index >= 15 is 0 Å². The van der Waals surface area contributed by atoms with E-state index in [4.69, 9.17) is 14.2 Å². The Bertz CT molecular complexity index is 711. The number of carbonyl (C=O) groups is 2. The quantitative estimate of drug-likeness (QED) is 0.800. The number of benzene rings is 1. The molecule has 0 saturated carbocycles. The molecule has 1 aromatic carbocycles. The van der Waals surface area contributed by atoms with Crippen LogP contribution in [0.1, 0.15) is 31.7 Å². The SMILES string of the molecule is CC(=O)O[C@@H]1C[C@H](C[C@H]2OC(=O)C=C[C@H]2O)O[C@H](/C=C/c2ccccc2)C1. The molecule has 1 fully saturated rings. The zero-order valence-electron chi connectivity index (χ0n) is 15.2. The van der Waals surface area contributed by atoms with E-state index in [-0.39, 0.29) is 24.3 Å². The highest BCUT2D eigenvalue weighted by Crippen LogP contribution is 2.28. The molecule has 2 aliphatic heterocycles. The lowest BCUT2D eigenvalue weighted by Gasteiger charge is -2.36. The van der Waals surface area contributed by atoms with Crippen LogP contribution in [0.2, 0.25) is 0 Å². The first-order chi connectivity index (χ1) is 13.0. The molecule has 2 heterocycles. The van der Waals surface area contributed by atoms with E-state index in [0.29, 0.717) is 19.3 Å². The molecule has 1 saturated heterocycles. The molecule has 0 unspecified atom stereocenters. The summed E-state index contributed by atoms with van der Waals surface area (Å²) in [5, 5.41) is 10.0. The molecule has 3 rings (SSSR count). The minimum Gasteiger partial charge on any atom is -0.462 e. The molecular formula is C21H24O6. The summed E-state index contributed by atoms with van der Waals surface area (Å²) in [4.78, 5) is 22.8. The molecule has 1 aromatic rings. The van der Waals surface area contributed by atoms with Crippen molar-refractivity contribution in [3.8, 4) is 0 Å². The Morgan fingerprint density at radius 1 is 1.30 bits per heavy atom. The number of rotatable bonds is 5. The molecule has 0 radical (unpaired) electrons. The van der Waals surface area contributed by atoms with Crippen LogP contribution in [0.15, 0.2) is 48.6 Å². The maximum absolute atomic E-state index is 11.5. The Kier molecular flexibility index (Phi) is 6.42. The van der Waals surface area contributed by atoms with Crippen LogP contribution in [0.25, 0.3) is 6.08 Å². The first-order valence-electron chi connectivity index (χ1n) is 9.12. The zero-order valence-corrected chi connectivity index (χ0v) is 15.2. The predicted molar refractivity (Wildman–Crippen MR) is 98.6 cm³/mol. The van der Waals surface area contributed by atoms with Crippen molar-refractivity contribution in [2.24, 2.45) is 0 Å². The number of aliphatic hydroxyl groups excluding tert-OH is 1. The second-order valence-corrected chi connectivity index (χ2v) is 6.83. The second kappa shape index (κ2) is 8.97. The van der Waals surface area contributed by atoms with Gasteiger partial charge in [-0.2, -0.15) is 0 Å². The monoisotopic (exact) mass is 372 g/mol. The van der Waals surface area contributed by atoms with Gasteiger partial charge in [-0.05, 0) is 11.6 Å². The molecule has 0 amide bonds. The second-order valence-electron chi connectivity index (χ2n) is 6.83. The average molecular weight is 372 g/mol. The molecule has 0 spiro atoms. The van der Waals surface area contributed by atoms with Gasteiger partial charge in [0.05, 0.1) is 12.2 Å². The molecule has 144 valence electrons. The van der Waals surface area contributed by atoms with Gasteiger partial charge < -0.3 is 19.3 Å². The highest BCUT2D eigenvalue weighted by Gasteiger charge is 2.35. The highest BCUT2D eigenvalue weighted by atomic mass is 16.6. The molecule has 1 N–H and O–H groups in total. The fraction of sp³-hybridized carbons (Fsp3) is 0.429. The topological polar surface area (TPSA) is 82.1 Å². The lowest BCUT2D eigenvalue weighted by Crippen LogP contribution is -2.42. The number of ether oxygens (including phenoxy) is 3. The van der Waals surface area contributed by atoms with Gasteiger partial charge in [0.1, 0.15) is 18.3 Å². The van der Waals surface area contributed by atoms with Gasteiger partial charge >= 0.3 is 11.9 Å². The van der Waals surface area contributed by atoms with Gasteiger partial charge in [0.25, 0.3) is 0 Å². The fourth-order valence-electron chi connectivity index (χ4n) is 3.40. The van der Waals surface area contributed by atoms with Crippen molar-refractivity contribution in [3.63, 3.8) is 0 Å². The summed E-state index contributed by atoms with van der Waals surface area (Å²) in [6, 6.07) is 9.85. The van der Waals surface area contributed by atoms with Gasteiger partial charge in [-0.1, -0.05) is 42.5 Å². The third-order valence-electron chi connectivity index (χ3n) is 4.60.